The first kappa shape index (κ1) is 28.9. The summed E-state index contributed by atoms with van der Waals surface area (Å²) in [4.78, 5) is 0. The van der Waals surface area contributed by atoms with E-state index >= 15 is 0 Å². The normalized spacial score (nSPS) is 11.6. The molecule has 0 unspecified atom stereocenters. The van der Waals surface area contributed by atoms with E-state index in [1.165, 1.54) is 57.8 Å². The lowest BCUT2D eigenvalue weighted by Crippen LogP contribution is -1.97. The van der Waals surface area contributed by atoms with Crippen LogP contribution in [0.15, 0.2) is 105 Å². The first-order valence-corrected chi connectivity index (χ1v) is 14.6. The van der Waals surface area contributed by atoms with Crippen LogP contribution in [0.2, 0.25) is 0 Å². The van der Waals surface area contributed by atoms with E-state index in [1.807, 2.05) is 78.9 Å². The van der Waals surface area contributed by atoms with Gasteiger partial charge in [0.05, 0.1) is 23.7 Å². The van der Waals surface area contributed by atoms with Gasteiger partial charge in [-0.15, -0.1) is 5.11 Å². The molecule has 0 aliphatic heterocycles. The van der Waals surface area contributed by atoms with Gasteiger partial charge in [-0.25, -0.2) is 0 Å². The smallest absolute Gasteiger partial charge is 0.143 e. The van der Waals surface area contributed by atoms with Gasteiger partial charge < -0.3 is 9.84 Å². The van der Waals surface area contributed by atoms with E-state index in [4.69, 9.17) is 4.74 Å². The van der Waals surface area contributed by atoms with Crippen molar-refractivity contribution in [2.24, 2.45) is 20.5 Å². The quantitative estimate of drug-likeness (QED) is 0.114. The second-order valence-corrected chi connectivity index (χ2v) is 10.1. The van der Waals surface area contributed by atoms with Gasteiger partial charge in [-0.2, -0.15) is 15.3 Å². The maximum atomic E-state index is 10.5. The fourth-order valence-electron chi connectivity index (χ4n) is 4.56. The summed E-state index contributed by atoms with van der Waals surface area (Å²) in [7, 11) is 0. The third kappa shape index (κ3) is 9.30. The molecule has 208 valence electrons. The van der Waals surface area contributed by atoms with Gasteiger partial charge in [0.15, 0.2) is 0 Å². The van der Waals surface area contributed by atoms with Crippen LogP contribution in [0.3, 0.4) is 0 Å². The Kier molecular flexibility index (Phi) is 11.7. The number of phenolic OH excluding ortho intramolecular Hbond substituents is 1. The number of unbranched alkanes of at least 4 members (excludes halogenated alkanes) is 9. The number of nitrogens with zero attached hydrogens (tertiary/aromatic N) is 4. The van der Waals surface area contributed by atoms with Crippen molar-refractivity contribution in [1.82, 2.24) is 0 Å². The SMILES string of the molecule is CCCCCCCCCCCCOc1ccc2c(N=Nc3ccc(N=Nc4ccccc4)cc3)c(O)ccc2c1. The minimum Gasteiger partial charge on any atom is -0.506 e. The van der Waals surface area contributed by atoms with Crippen molar-refractivity contribution >= 4 is 33.5 Å². The molecule has 4 aromatic carbocycles. The fourth-order valence-corrected chi connectivity index (χ4v) is 4.56. The Bertz CT molecular complexity index is 1370. The molecule has 0 saturated carbocycles. The van der Waals surface area contributed by atoms with E-state index in [0.29, 0.717) is 18.0 Å². The van der Waals surface area contributed by atoms with Crippen molar-refractivity contribution in [3.8, 4) is 11.5 Å². The van der Waals surface area contributed by atoms with E-state index in [2.05, 4.69) is 27.4 Å². The number of rotatable bonds is 16. The van der Waals surface area contributed by atoms with Crippen LogP contribution in [0.25, 0.3) is 10.8 Å². The van der Waals surface area contributed by atoms with Gasteiger partial charge in [-0.3, -0.25) is 0 Å². The second kappa shape index (κ2) is 16.1. The van der Waals surface area contributed by atoms with Crippen LogP contribution in [0, 0.1) is 0 Å². The molecule has 40 heavy (non-hydrogen) atoms. The number of hydrogen-bond acceptors (Lipinski definition) is 6. The van der Waals surface area contributed by atoms with E-state index in [-0.39, 0.29) is 5.75 Å². The van der Waals surface area contributed by atoms with E-state index in [9.17, 15) is 5.11 Å². The zero-order chi connectivity index (χ0) is 27.8. The van der Waals surface area contributed by atoms with Gasteiger partial charge in [0.1, 0.15) is 17.2 Å². The molecule has 0 atom stereocenters. The van der Waals surface area contributed by atoms with Crippen molar-refractivity contribution in [3.63, 3.8) is 0 Å². The zero-order valence-corrected chi connectivity index (χ0v) is 23.5. The van der Waals surface area contributed by atoms with Crippen LogP contribution in [0.5, 0.6) is 11.5 Å². The van der Waals surface area contributed by atoms with Crippen LogP contribution in [-0.2, 0) is 0 Å². The minimum absolute atomic E-state index is 0.0866. The highest BCUT2D eigenvalue weighted by molar-refractivity contribution is 5.96. The maximum Gasteiger partial charge on any atom is 0.143 e. The zero-order valence-electron chi connectivity index (χ0n) is 23.5. The van der Waals surface area contributed by atoms with Gasteiger partial charge in [-0.05, 0) is 72.5 Å². The Labute approximate surface area is 237 Å². The van der Waals surface area contributed by atoms with Gasteiger partial charge >= 0.3 is 0 Å². The van der Waals surface area contributed by atoms with Gasteiger partial charge in [0, 0.05) is 5.39 Å². The molecular formula is C34H40N4O2. The lowest BCUT2D eigenvalue weighted by molar-refractivity contribution is 0.304. The third-order valence-electron chi connectivity index (χ3n) is 6.86. The molecule has 0 bridgehead atoms. The molecule has 0 aliphatic carbocycles. The summed E-state index contributed by atoms with van der Waals surface area (Å²) in [5, 5.41) is 29.4. The average molecular weight is 537 g/mol. The molecule has 6 heteroatoms. The first-order chi connectivity index (χ1) is 19.7. The largest absolute Gasteiger partial charge is 0.506 e. The van der Waals surface area contributed by atoms with Gasteiger partial charge in [-0.1, -0.05) is 89.0 Å². The van der Waals surface area contributed by atoms with Crippen molar-refractivity contribution in [1.29, 1.82) is 0 Å². The number of benzene rings is 4. The van der Waals surface area contributed by atoms with E-state index in [0.717, 1.165) is 34.3 Å². The second-order valence-electron chi connectivity index (χ2n) is 10.1. The van der Waals surface area contributed by atoms with Crippen LogP contribution < -0.4 is 4.74 Å². The van der Waals surface area contributed by atoms with E-state index in [1.54, 1.807) is 6.07 Å². The van der Waals surface area contributed by atoms with Crippen molar-refractivity contribution in [2.75, 3.05) is 6.61 Å². The molecule has 0 spiro atoms. The molecule has 0 heterocycles. The summed E-state index contributed by atoms with van der Waals surface area (Å²) in [5.74, 6) is 0.917. The molecule has 4 aromatic rings. The summed E-state index contributed by atoms with van der Waals surface area (Å²) in [6.07, 6.45) is 13.1. The number of hydrogen-bond donors (Lipinski definition) is 1. The predicted molar refractivity (Wildman–Crippen MR) is 164 cm³/mol. The number of fused-ring (bicyclic) bond motifs is 1. The molecule has 1 N–H and O–H groups in total. The summed E-state index contributed by atoms with van der Waals surface area (Å²) in [6.45, 7) is 2.98. The number of azo groups is 2. The number of phenols is 1. The Hall–Kier alpha value is -4.06. The molecule has 0 aromatic heterocycles. The number of aromatic hydroxyl groups is 1. The fraction of sp³-hybridized carbons (Fsp3) is 0.353. The molecule has 4 rings (SSSR count). The first-order valence-electron chi connectivity index (χ1n) is 14.6. The highest BCUT2D eigenvalue weighted by Gasteiger charge is 2.08. The monoisotopic (exact) mass is 536 g/mol. The molecule has 6 nitrogen and oxygen atoms in total. The summed E-state index contributed by atoms with van der Waals surface area (Å²) in [6, 6.07) is 26.3. The van der Waals surface area contributed by atoms with Gasteiger partial charge in [0.25, 0.3) is 0 Å². The highest BCUT2D eigenvalue weighted by Crippen LogP contribution is 2.37. The molecule has 0 radical (unpaired) electrons. The minimum atomic E-state index is 0.0866. The lowest BCUT2D eigenvalue weighted by Gasteiger charge is -2.09. The summed E-state index contributed by atoms with van der Waals surface area (Å²) >= 11 is 0. The summed E-state index contributed by atoms with van der Waals surface area (Å²) < 4.78 is 6.01. The molecule has 0 saturated heterocycles. The maximum absolute atomic E-state index is 10.5. The Morgan fingerprint density at radius 3 is 1.80 bits per heavy atom. The topological polar surface area (TPSA) is 78.9 Å². The van der Waals surface area contributed by atoms with Crippen molar-refractivity contribution in [3.05, 3.63) is 84.9 Å². The van der Waals surface area contributed by atoms with Crippen LogP contribution in [0.1, 0.15) is 71.1 Å². The predicted octanol–water partition coefficient (Wildman–Crippen LogP) is 11.7. The van der Waals surface area contributed by atoms with E-state index < -0.39 is 0 Å². The third-order valence-corrected chi connectivity index (χ3v) is 6.86. The number of ether oxygens (including phenoxy) is 1. The van der Waals surface area contributed by atoms with Crippen molar-refractivity contribution in [2.45, 2.75) is 71.1 Å². The summed E-state index contributed by atoms with van der Waals surface area (Å²) in [5.41, 5.74) is 2.62. The highest BCUT2D eigenvalue weighted by atomic mass is 16.5. The molecular weight excluding hydrogens is 496 g/mol. The molecule has 0 amide bonds. The molecule has 0 fully saturated rings. The molecule has 0 aliphatic rings. The van der Waals surface area contributed by atoms with Crippen LogP contribution >= 0.6 is 0 Å². The Morgan fingerprint density at radius 2 is 1.15 bits per heavy atom. The van der Waals surface area contributed by atoms with Crippen molar-refractivity contribution < 1.29 is 9.84 Å². The standard InChI is InChI=1S/C34H40N4O2/c1-2-3-4-5-6-7-8-9-10-14-25-40-31-22-23-32-27(26-31)17-24-33(39)34(32)38-37-30-20-18-29(19-21-30)36-35-28-15-12-11-13-16-28/h11-13,15-24,26,39H,2-10,14,25H2,1H3. The van der Waals surface area contributed by atoms with Crippen LogP contribution in [0.4, 0.5) is 22.7 Å². The average Bonchev–Trinajstić information content (AvgIpc) is 2.99. The Morgan fingerprint density at radius 1 is 0.575 bits per heavy atom. The van der Waals surface area contributed by atoms with Gasteiger partial charge in [0.2, 0.25) is 0 Å². The lowest BCUT2D eigenvalue weighted by atomic mass is 10.1. The van der Waals surface area contributed by atoms with Crippen LogP contribution in [-0.4, -0.2) is 11.7 Å². The Balaban J connectivity index is 1.27.